The number of rotatable bonds is 6. The van der Waals surface area contributed by atoms with Crippen LogP contribution in [-0.4, -0.2) is 21.2 Å². The average molecular weight is 1460 g/mol. The predicted octanol–water partition coefficient (Wildman–Crippen LogP) is 22.1. The van der Waals surface area contributed by atoms with E-state index in [0.717, 1.165) is 44.8 Å². The number of pyridine rings is 1. The Kier molecular flexibility index (Phi) is 16.5. The minimum atomic E-state index is -0.290. The van der Waals surface area contributed by atoms with E-state index < -0.39 is 0 Å². The van der Waals surface area contributed by atoms with E-state index in [4.69, 9.17) is 4.98 Å². The molecule has 2 aromatic heterocycles. The van der Waals surface area contributed by atoms with Gasteiger partial charge in [-0.15, -0.1) is 65.7 Å². The molecule has 4 aliphatic rings. The van der Waals surface area contributed by atoms with Crippen molar-refractivity contribution in [1.29, 1.82) is 0 Å². The summed E-state index contributed by atoms with van der Waals surface area (Å²) >= 11 is 1.97. The maximum Gasteiger partial charge on any atom is 0.252 e. The summed E-state index contributed by atoms with van der Waals surface area (Å²) in [6, 6.07) is 65.3. The van der Waals surface area contributed by atoms with Crippen LogP contribution in [0, 0.1) is 31.8 Å². The number of hydrogen-bond acceptors (Lipinski definition) is 5. The van der Waals surface area contributed by atoms with Gasteiger partial charge in [0, 0.05) is 70.1 Å². The number of fused-ring (bicyclic) bond motifs is 9. The molecule has 0 atom stereocenters. The van der Waals surface area contributed by atoms with Crippen LogP contribution in [0.3, 0.4) is 0 Å². The number of aromatic nitrogens is 3. The van der Waals surface area contributed by atoms with Crippen molar-refractivity contribution < 1.29 is 24.5 Å². The SMILES string of the molecule is CC(C)c1cccc(C(C)C)c1-n1c(-c2[c-]cccc2)nc2ccc(-c3cc4c5c(c3)N3c6ccc(C(C)(C)C)cc6C(C)(C)c6cc(C(C)(C)C)cc(c63)B5c3cc(C(C)(C)C)cc5c3N4c3ccc(C(C)(C)C)cc3S5)cc21.Cc1cnc(-c2[c-]cc(F)cc2)cc1C.[Ir]. The normalized spacial score (nSPS) is 14.2. The molecular weight excluding hydrogens is 1370 g/mol. The first-order valence-corrected chi connectivity index (χ1v) is 35.0. The molecule has 0 bridgehead atoms. The topological polar surface area (TPSA) is 37.2 Å². The number of para-hydroxylation sites is 1. The van der Waals surface area contributed by atoms with Crippen LogP contribution < -0.4 is 26.2 Å². The van der Waals surface area contributed by atoms with Crippen molar-refractivity contribution >= 4 is 80.0 Å². The minimum Gasteiger partial charge on any atom is -0.333 e. The van der Waals surface area contributed by atoms with Crippen LogP contribution >= 0.6 is 11.8 Å². The Morgan fingerprint density at radius 3 is 1.71 bits per heavy atom. The standard InChI is InChI=1S/C74H78BN4S.C13H11FN.Ir/c1-42(2)51-25-22-26-52(43(3)4)66(51)79-60-33-45(27-30-57(60)76-69(79)44-23-20-19-21-24-44)46-34-61-65-62(35-46)78-59-32-29-48(71(8,9)10)40-63(59)80-64-41-50(73(14,15)16)39-56(68(64)78)75(65)55-38-49(72(11,12)13)37-54-67(55)77(61)58-31-28-47(70(5,6)7)36-53(58)74(54,17)18;1-9-7-13(15-8-10(9)2)11-3-5-12(14)6-4-11;/h19-23,25-43H,1-18H3;3,5-8H,1-2H3;/q2*-1;. The summed E-state index contributed by atoms with van der Waals surface area (Å²) in [4.78, 5) is 17.8. The molecule has 0 spiro atoms. The van der Waals surface area contributed by atoms with Gasteiger partial charge < -0.3 is 19.4 Å². The van der Waals surface area contributed by atoms with Crippen molar-refractivity contribution in [2.45, 2.75) is 187 Å². The van der Waals surface area contributed by atoms with Gasteiger partial charge in [-0.1, -0.05) is 209 Å². The molecule has 9 aromatic carbocycles. The zero-order valence-electron chi connectivity index (χ0n) is 59.7. The molecule has 0 N–H and O–H groups in total. The number of anilines is 6. The molecule has 11 aromatic rings. The zero-order valence-corrected chi connectivity index (χ0v) is 62.9. The fourth-order valence-electron chi connectivity index (χ4n) is 14.8. The zero-order chi connectivity index (χ0) is 67.5. The van der Waals surface area contributed by atoms with E-state index in [0.29, 0.717) is 11.8 Å². The summed E-state index contributed by atoms with van der Waals surface area (Å²) in [5.41, 5.74) is 32.8. The molecule has 4 aliphatic heterocycles. The van der Waals surface area contributed by atoms with Gasteiger partial charge in [-0.05, 0) is 179 Å². The van der Waals surface area contributed by atoms with Crippen molar-refractivity contribution in [3.8, 4) is 39.5 Å². The summed E-state index contributed by atoms with van der Waals surface area (Å²) < 4.78 is 15.2. The number of benzene rings is 9. The largest absolute Gasteiger partial charge is 0.333 e. The van der Waals surface area contributed by atoms with E-state index in [1.165, 1.54) is 134 Å². The van der Waals surface area contributed by atoms with Gasteiger partial charge in [0.15, 0.2) is 0 Å². The Balaban J connectivity index is 0.000000459. The summed E-state index contributed by atoms with van der Waals surface area (Å²) in [5, 5.41) is 0. The Bertz CT molecular complexity index is 4910. The monoisotopic (exact) mass is 1460 g/mol. The summed E-state index contributed by atoms with van der Waals surface area (Å²) in [7, 11) is 0. The first-order valence-electron chi connectivity index (χ1n) is 34.1. The minimum absolute atomic E-state index is 0. The molecule has 0 saturated carbocycles. The van der Waals surface area contributed by atoms with Gasteiger partial charge in [-0.3, -0.25) is 9.37 Å². The van der Waals surface area contributed by atoms with Crippen LogP contribution in [0.15, 0.2) is 174 Å². The van der Waals surface area contributed by atoms with Gasteiger partial charge in [0.2, 0.25) is 0 Å². The smallest absolute Gasteiger partial charge is 0.252 e. The fourth-order valence-corrected chi connectivity index (χ4v) is 16.0. The third-order valence-electron chi connectivity index (χ3n) is 20.6. The van der Waals surface area contributed by atoms with Gasteiger partial charge >= 0.3 is 0 Å². The Labute approximate surface area is 588 Å². The summed E-state index contributed by atoms with van der Waals surface area (Å²) in [6.07, 6.45) is 1.82. The van der Waals surface area contributed by atoms with E-state index in [9.17, 15) is 4.39 Å². The summed E-state index contributed by atoms with van der Waals surface area (Å²) in [5.74, 6) is 1.22. The van der Waals surface area contributed by atoms with E-state index >= 15 is 0 Å². The van der Waals surface area contributed by atoms with Crippen LogP contribution in [0.25, 0.3) is 50.5 Å². The second-order valence-electron chi connectivity index (χ2n) is 32.5. The molecule has 1 radical (unpaired) electrons. The number of aryl methyl sites for hydroxylation is 2. The van der Waals surface area contributed by atoms with Crippen LogP contribution in [0.2, 0.25) is 0 Å². The van der Waals surface area contributed by atoms with E-state index in [1.807, 2.05) is 50.0 Å². The average Bonchev–Trinajstić information content (AvgIpc) is 0.764. The third-order valence-corrected chi connectivity index (χ3v) is 21.7. The van der Waals surface area contributed by atoms with Crippen molar-refractivity contribution in [2.24, 2.45) is 0 Å². The molecular formula is C87H89BFIrN5S-2. The third kappa shape index (κ3) is 11.2. The molecule has 96 heavy (non-hydrogen) atoms. The maximum absolute atomic E-state index is 12.7. The quantitative estimate of drug-likeness (QED) is 0.123. The summed E-state index contributed by atoms with van der Waals surface area (Å²) in [6.45, 7) is 46.7. The van der Waals surface area contributed by atoms with Crippen molar-refractivity contribution in [3.63, 3.8) is 0 Å². The van der Waals surface area contributed by atoms with Gasteiger partial charge in [0.25, 0.3) is 6.71 Å². The molecule has 5 nitrogen and oxygen atoms in total. The number of nitrogens with zero attached hydrogens (tertiary/aromatic N) is 5. The van der Waals surface area contributed by atoms with Gasteiger partial charge in [-0.25, -0.2) is 0 Å². The van der Waals surface area contributed by atoms with E-state index in [1.54, 1.807) is 6.07 Å². The first kappa shape index (κ1) is 66.8. The fraction of sp³-hybridized carbons (Fsp3) is 0.310. The molecule has 9 heteroatoms. The number of imidazole rings is 1. The van der Waals surface area contributed by atoms with Crippen molar-refractivity contribution in [2.75, 3.05) is 9.80 Å². The second-order valence-corrected chi connectivity index (χ2v) is 33.6. The first-order chi connectivity index (χ1) is 44.8. The molecule has 0 saturated heterocycles. The Morgan fingerprint density at radius 2 is 1.11 bits per heavy atom. The maximum atomic E-state index is 12.7. The molecule has 0 aliphatic carbocycles. The Hall–Kier alpha value is -7.81. The van der Waals surface area contributed by atoms with Crippen molar-refractivity contribution in [1.82, 2.24) is 14.5 Å². The van der Waals surface area contributed by atoms with Gasteiger partial charge in [0.1, 0.15) is 0 Å². The van der Waals surface area contributed by atoms with Crippen LogP contribution in [-0.2, 0) is 47.2 Å². The van der Waals surface area contributed by atoms with E-state index in [-0.39, 0.29) is 59.7 Å². The van der Waals surface area contributed by atoms with Crippen LogP contribution in [0.5, 0.6) is 0 Å². The van der Waals surface area contributed by atoms with Gasteiger partial charge in [0.05, 0.1) is 33.9 Å². The molecule has 6 heterocycles. The molecule has 0 unspecified atom stereocenters. The predicted molar refractivity (Wildman–Crippen MR) is 402 cm³/mol. The van der Waals surface area contributed by atoms with Crippen molar-refractivity contribution in [3.05, 3.63) is 238 Å². The molecule has 15 rings (SSSR count). The Morgan fingerprint density at radius 1 is 0.521 bits per heavy atom. The number of halogens is 1. The van der Waals surface area contributed by atoms with Gasteiger partial charge in [-0.2, -0.15) is 0 Å². The van der Waals surface area contributed by atoms with Crippen LogP contribution in [0.1, 0.15) is 192 Å². The van der Waals surface area contributed by atoms with Crippen LogP contribution in [0.4, 0.5) is 38.5 Å². The molecule has 0 fully saturated rings. The van der Waals surface area contributed by atoms with E-state index in [2.05, 4.69) is 277 Å². The molecule has 0 amide bonds. The number of hydrogen-bond donors (Lipinski definition) is 0. The molecule has 489 valence electrons. The second kappa shape index (κ2) is 23.7.